The molecule has 1 N–H and O–H groups in total. The number of ether oxygens (including phenoxy) is 1. The molecule has 0 bridgehead atoms. The molecule has 0 amide bonds. The van der Waals surface area contributed by atoms with Gasteiger partial charge in [-0.15, -0.1) is 0 Å². The van der Waals surface area contributed by atoms with E-state index < -0.39 is 0 Å². The molecule has 1 aliphatic heterocycles. The van der Waals surface area contributed by atoms with Crippen molar-refractivity contribution in [1.82, 2.24) is 4.90 Å². The molecule has 1 saturated carbocycles. The van der Waals surface area contributed by atoms with Crippen LogP contribution in [0.5, 0.6) is 0 Å². The van der Waals surface area contributed by atoms with Crippen molar-refractivity contribution in [2.24, 2.45) is 11.8 Å². The van der Waals surface area contributed by atoms with Crippen molar-refractivity contribution in [3.63, 3.8) is 0 Å². The van der Waals surface area contributed by atoms with Crippen LogP contribution in [-0.2, 0) is 4.74 Å². The third kappa shape index (κ3) is 4.23. The van der Waals surface area contributed by atoms with E-state index in [2.05, 4.69) is 11.9 Å². The molecule has 0 aromatic heterocycles. The highest BCUT2D eigenvalue weighted by Crippen LogP contribution is 2.28. The largest absolute Gasteiger partial charge is 0.393 e. The molecule has 2 fully saturated rings. The molecule has 3 atom stereocenters. The first-order valence-electron chi connectivity index (χ1n) is 7.20. The Hall–Kier alpha value is -0.120. The topological polar surface area (TPSA) is 32.7 Å². The summed E-state index contributed by atoms with van der Waals surface area (Å²) in [5.74, 6) is 1.28. The van der Waals surface area contributed by atoms with Crippen LogP contribution in [0.2, 0.25) is 0 Å². The minimum Gasteiger partial charge on any atom is -0.393 e. The van der Waals surface area contributed by atoms with Crippen LogP contribution in [-0.4, -0.2) is 49.5 Å². The lowest BCUT2D eigenvalue weighted by Gasteiger charge is -2.28. The van der Waals surface area contributed by atoms with E-state index in [-0.39, 0.29) is 6.10 Å². The van der Waals surface area contributed by atoms with Gasteiger partial charge in [-0.1, -0.05) is 6.42 Å². The Morgan fingerprint density at radius 1 is 1.24 bits per heavy atom. The molecule has 3 heteroatoms. The molecule has 1 saturated heterocycles. The van der Waals surface area contributed by atoms with Crippen LogP contribution in [0.1, 0.15) is 38.5 Å². The first-order chi connectivity index (χ1) is 8.25. The fourth-order valence-electron chi connectivity index (χ4n) is 3.22. The summed E-state index contributed by atoms with van der Waals surface area (Å²) in [6, 6.07) is 0. The molecule has 0 aromatic rings. The van der Waals surface area contributed by atoms with Gasteiger partial charge in [0.25, 0.3) is 0 Å². The molecule has 17 heavy (non-hydrogen) atoms. The number of hydrogen-bond acceptors (Lipinski definition) is 3. The van der Waals surface area contributed by atoms with Crippen molar-refractivity contribution in [2.45, 2.75) is 44.6 Å². The van der Waals surface area contributed by atoms with Gasteiger partial charge >= 0.3 is 0 Å². The van der Waals surface area contributed by atoms with Gasteiger partial charge in [0.1, 0.15) is 0 Å². The van der Waals surface area contributed by atoms with Crippen LogP contribution < -0.4 is 0 Å². The first-order valence-corrected chi connectivity index (χ1v) is 7.20. The fraction of sp³-hybridized carbons (Fsp3) is 1.00. The number of aliphatic hydroxyl groups is 1. The van der Waals surface area contributed by atoms with E-state index in [1.807, 2.05) is 0 Å². The number of hydrogen-bond donors (Lipinski definition) is 1. The molecule has 1 aliphatic carbocycles. The fourth-order valence-corrected chi connectivity index (χ4v) is 3.22. The molecule has 3 unspecified atom stereocenters. The molecular weight excluding hydrogens is 214 g/mol. The zero-order valence-electron chi connectivity index (χ0n) is 11.1. The second-order valence-electron chi connectivity index (χ2n) is 5.89. The predicted octanol–water partition coefficient (Wildman–Crippen LogP) is 1.90. The van der Waals surface area contributed by atoms with Crippen LogP contribution in [0.4, 0.5) is 0 Å². The monoisotopic (exact) mass is 241 g/mol. The van der Waals surface area contributed by atoms with Crippen molar-refractivity contribution in [3.05, 3.63) is 0 Å². The molecule has 1 heterocycles. The van der Waals surface area contributed by atoms with Gasteiger partial charge in [0.2, 0.25) is 0 Å². The van der Waals surface area contributed by atoms with Crippen LogP contribution in [0.15, 0.2) is 0 Å². The van der Waals surface area contributed by atoms with Crippen LogP contribution >= 0.6 is 0 Å². The average Bonchev–Trinajstić information content (AvgIpc) is 2.74. The smallest absolute Gasteiger partial charge is 0.0568 e. The SMILES string of the molecule is CN(CCC1CCCC1O)CC1CCCOC1. The van der Waals surface area contributed by atoms with Gasteiger partial charge in [-0.3, -0.25) is 0 Å². The van der Waals surface area contributed by atoms with E-state index in [1.165, 1.54) is 25.7 Å². The maximum absolute atomic E-state index is 9.78. The lowest BCUT2D eigenvalue weighted by atomic mass is 9.99. The summed E-state index contributed by atoms with van der Waals surface area (Å²) >= 11 is 0. The summed E-state index contributed by atoms with van der Waals surface area (Å²) in [7, 11) is 2.20. The van der Waals surface area contributed by atoms with Gasteiger partial charge in [-0.05, 0) is 57.5 Å². The van der Waals surface area contributed by atoms with Crippen molar-refractivity contribution >= 4 is 0 Å². The minimum atomic E-state index is -0.0265. The Balaban J connectivity index is 1.61. The number of nitrogens with zero attached hydrogens (tertiary/aromatic N) is 1. The molecule has 2 aliphatic rings. The Morgan fingerprint density at radius 3 is 2.76 bits per heavy atom. The van der Waals surface area contributed by atoms with E-state index in [0.717, 1.165) is 45.1 Å². The minimum absolute atomic E-state index is 0.0265. The molecule has 0 radical (unpaired) electrons. The van der Waals surface area contributed by atoms with E-state index in [0.29, 0.717) is 5.92 Å². The van der Waals surface area contributed by atoms with Crippen molar-refractivity contribution in [2.75, 3.05) is 33.4 Å². The quantitative estimate of drug-likeness (QED) is 0.798. The highest BCUT2D eigenvalue weighted by atomic mass is 16.5. The highest BCUT2D eigenvalue weighted by molar-refractivity contribution is 4.77. The maximum atomic E-state index is 9.78. The lowest BCUT2D eigenvalue weighted by molar-refractivity contribution is 0.0402. The third-order valence-corrected chi connectivity index (χ3v) is 4.33. The normalized spacial score (nSPS) is 34.4. The number of aliphatic hydroxyl groups excluding tert-OH is 1. The molecule has 0 aromatic carbocycles. The van der Waals surface area contributed by atoms with E-state index in [4.69, 9.17) is 4.74 Å². The van der Waals surface area contributed by atoms with Crippen LogP contribution in [0.3, 0.4) is 0 Å². The zero-order valence-corrected chi connectivity index (χ0v) is 11.1. The van der Waals surface area contributed by atoms with Crippen molar-refractivity contribution in [1.29, 1.82) is 0 Å². The van der Waals surface area contributed by atoms with E-state index in [1.54, 1.807) is 0 Å². The molecule has 2 rings (SSSR count). The summed E-state index contributed by atoms with van der Waals surface area (Å²) in [6.45, 7) is 4.17. The summed E-state index contributed by atoms with van der Waals surface area (Å²) in [5.41, 5.74) is 0. The van der Waals surface area contributed by atoms with Gasteiger partial charge in [-0.2, -0.15) is 0 Å². The van der Waals surface area contributed by atoms with Gasteiger partial charge in [0.05, 0.1) is 12.7 Å². The first kappa shape index (κ1) is 13.3. The Labute approximate surface area is 105 Å². The molecular formula is C14H27NO2. The highest BCUT2D eigenvalue weighted by Gasteiger charge is 2.25. The summed E-state index contributed by atoms with van der Waals surface area (Å²) < 4.78 is 5.51. The second kappa shape index (κ2) is 6.72. The Bertz CT molecular complexity index is 216. The van der Waals surface area contributed by atoms with Crippen LogP contribution in [0, 0.1) is 11.8 Å². The van der Waals surface area contributed by atoms with Gasteiger partial charge in [0, 0.05) is 13.2 Å². The maximum Gasteiger partial charge on any atom is 0.0568 e. The predicted molar refractivity (Wildman–Crippen MR) is 69.0 cm³/mol. The van der Waals surface area contributed by atoms with Crippen LogP contribution in [0.25, 0.3) is 0 Å². The van der Waals surface area contributed by atoms with Gasteiger partial charge in [0.15, 0.2) is 0 Å². The Morgan fingerprint density at radius 2 is 2.12 bits per heavy atom. The standard InChI is InChI=1S/C14H27NO2/c1-15(10-12-4-3-9-17-11-12)8-7-13-5-2-6-14(13)16/h12-14,16H,2-11H2,1H3. The van der Waals surface area contributed by atoms with Gasteiger partial charge in [-0.25, -0.2) is 0 Å². The summed E-state index contributed by atoms with van der Waals surface area (Å²) in [5, 5.41) is 9.78. The lowest BCUT2D eigenvalue weighted by Crippen LogP contribution is -2.32. The molecule has 3 nitrogen and oxygen atoms in total. The van der Waals surface area contributed by atoms with Crippen molar-refractivity contribution in [3.8, 4) is 0 Å². The van der Waals surface area contributed by atoms with Gasteiger partial charge < -0.3 is 14.7 Å². The Kier molecular flexibility index (Phi) is 5.26. The third-order valence-electron chi connectivity index (χ3n) is 4.33. The molecule has 100 valence electrons. The molecule has 0 spiro atoms. The summed E-state index contributed by atoms with van der Waals surface area (Å²) in [4.78, 5) is 2.42. The average molecular weight is 241 g/mol. The van der Waals surface area contributed by atoms with Crippen molar-refractivity contribution < 1.29 is 9.84 Å². The zero-order chi connectivity index (χ0) is 12.1. The second-order valence-corrected chi connectivity index (χ2v) is 5.89. The summed E-state index contributed by atoms with van der Waals surface area (Å²) in [6.07, 6.45) is 7.13. The number of rotatable bonds is 5. The van der Waals surface area contributed by atoms with E-state index in [9.17, 15) is 5.11 Å². The van der Waals surface area contributed by atoms with E-state index >= 15 is 0 Å².